The zero-order chi connectivity index (χ0) is 17.6. The van der Waals surface area contributed by atoms with E-state index in [1.807, 2.05) is 6.92 Å². The van der Waals surface area contributed by atoms with Crippen LogP contribution in [0.2, 0.25) is 0 Å². The number of thioether (sulfide) groups is 1. The molecule has 3 aliphatic rings. The third-order valence-corrected chi connectivity index (χ3v) is 6.56. The van der Waals surface area contributed by atoms with Crippen molar-refractivity contribution in [2.24, 2.45) is 0 Å². The maximum atomic E-state index is 12.7. The molecule has 3 amide bonds. The Labute approximate surface area is 150 Å². The van der Waals surface area contributed by atoms with Crippen LogP contribution in [-0.4, -0.2) is 45.3 Å². The summed E-state index contributed by atoms with van der Waals surface area (Å²) < 4.78 is 0. The van der Waals surface area contributed by atoms with Gasteiger partial charge in [-0.25, -0.2) is 0 Å². The highest BCUT2D eigenvalue weighted by Gasteiger charge is 2.52. The van der Waals surface area contributed by atoms with Gasteiger partial charge in [-0.2, -0.15) is 0 Å². The van der Waals surface area contributed by atoms with Crippen LogP contribution in [0.5, 0.6) is 0 Å². The Morgan fingerprint density at radius 1 is 1.32 bits per heavy atom. The van der Waals surface area contributed by atoms with Gasteiger partial charge in [0.15, 0.2) is 0 Å². The summed E-state index contributed by atoms with van der Waals surface area (Å²) in [5.41, 5.74) is 1.12. The number of nitrogens with zero attached hydrogens (tertiary/aromatic N) is 1. The molecule has 2 aliphatic heterocycles. The van der Waals surface area contributed by atoms with E-state index < -0.39 is 6.04 Å². The molecule has 6 nitrogen and oxygen atoms in total. The van der Waals surface area contributed by atoms with E-state index in [0.717, 1.165) is 19.3 Å². The number of hydrogen-bond acceptors (Lipinski definition) is 4. The summed E-state index contributed by atoms with van der Waals surface area (Å²) in [7, 11) is 0. The van der Waals surface area contributed by atoms with Gasteiger partial charge in [0.05, 0.1) is 4.87 Å². The van der Waals surface area contributed by atoms with E-state index in [1.54, 1.807) is 40.9 Å². The van der Waals surface area contributed by atoms with Crippen molar-refractivity contribution in [3.05, 3.63) is 29.8 Å². The minimum absolute atomic E-state index is 0.0465. The number of carbonyl (C=O) groups is 3. The molecule has 7 heteroatoms. The van der Waals surface area contributed by atoms with Crippen LogP contribution in [0.25, 0.3) is 0 Å². The molecule has 25 heavy (non-hydrogen) atoms. The van der Waals surface area contributed by atoms with E-state index >= 15 is 0 Å². The van der Waals surface area contributed by atoms with E-state index in [1.165, 1.54) is 0 Å². The number of hydrogen-bond donors (Lipinski definition) is 2. The van der Waals surface area contributed by atoms with Crippen LogP contribution in [0.4, 0.5) is 5.69 Å². The van der Waals surface area contributed by atoms with Crippen molar-refractivity contribution in [1.82, 2.24) is 10.2 Å². The summed E-state index contributed by atoms with van der Waals surface area (Å²) in [6.45, 7) is 2.03. The standard InChI is InChI=1S/C18H21N3O3S/c1-18-8-7-15(22)21(18)14(10-25-18)17(24)20-13-4-2-3-11(9-13)16(23)19-12-5-6-12/h2-4,9,12,14H,5-8,10H2,1H3,(H,19,23)(H,20,24)/t14-,18+/m0/s1. The fourth-order valence-electron chi connectivity index (χ4n) is 3.47. The van der Waals surface area contributed by atoms with E-state index in [9.17, 15) is 14.4 Å². The smallest absolute Gasteiger partial charge is 0.251 e. The van der Waals surface area contributed by atoms with E-state index in [0.29, 0.717) is 29.5 Å². The van der Waals surface area contributed by atoms with Crippen molar-refractivity contribution in [3.63, 3.8) is 0 Å². The molecule has 1 aromatic carbocycles. The maximum Gasteiger partial charge on any atom is 0.251 e. The number of fused-ring (bicyclic) bond motifs is 1. The largest absolute Gasteiger partial charge is 0.349 e. The molecular weight excluding hydrogens is 338 g/mol. The third-order valence-electron chi connectivity index (χ3n) is 5.05. The lowest BCUT2D eigenvalue weighted by molar-refractivity contribution is -0.135. The van der Waals surface area contributed by atoms with Gasteiger partial charge in [-0.15, -0.1) is 11.8 Å². The lowest BCUT2D eigenvalue weighted by Crippen LogP contribution is -2.48. The van der Waals surface area contributed by atoms with Crippen molar-refractivity contribution in [1.29, 1.82) is 0 Å². The lowest BCUT2D eigenvalue weighted by Gasteiger charge is -2.29. The molecule has 0 unspecified atom stereocenters. The van der Waals surface area contributed by atoms with Gasteiger partial charge in [0.25, 0.3) is 5.91 Å². The van der Waals surface area contributed by atoms with Gasteiger partial charge < -0.3 is 15.5 Å². The average Bonchev–Trinajstić information content (AvgIpc) is 3.26. The normalized spacial score (nSPS) is 28.0. The Kier molecular flexibility index (Phi) is 3.98. The minimum atomic E-state index is -0.450. The Morgan fingerprint density at radius 3 is 2.88 bits per heavy atom. The highest BCUT2D eigenvalue weighted by atomic mass is 32.2. The number of carbonyl (C=O) groups excluding carboxylic acids is 3. The average molecular weight is 359 g/mol. The summed E-state index contributed by atoms with van der Waals surface area (Å²) in [5, 5.41) is 5.81. The van der Waals surface area contributed by atoms with Crippen LogP contribution in [-0.2, 0) is 9.59 Å². The molecule has 2 saturated heterocycles. The van der Waals surface area contributed by atoms with Crippen molar-refractivity contribution in [2.45, 2.75) is 49.6 Å². The molecule has 1 aliphatic carbocycles. The highest BCUT2D eigenvalue weighted by molar-refractivity contribution is 8.01. The first-order valence-corrected chi connectivity index (χ1v) is 9.63. The molecule has 0 spiro atoms. The van der Waals surface area contributed by atoms with Crippen molar-refractivity contribution in [2.75, 3.05) is 11.1 Å². The molecule has 2 atom stereocenters. The Morgan fingerprint density at radius 2 is 2.12 bits per heavy atom. The Bertz CT molecular complexity index is 749. The SMILES string of the molecule is C[C@@]12CCC(=O)N1[C@H](C(=O)Nc1cccc(C(=O)NC3CC3)c1)CS2. The van der Waals surface area contributed by atoms with Crippen LogP contribution in [0, 0.1) is 0 Å². The molecule has 1 aromatic rings. The second kappa shape index (κ2) is 6.05. The van der Waals surface area contributed by atoms with Crippen molar-refractivity contribution < 1.29 is 14.4 Å². The molecule has 4 rings (SSSR count). The number of anilines is 1. The zero-order valence-electron chi connectivity index (χ0n) is 14.1. The fourth-order valence-corrected chi connectivity index (χ4v) is 4.91. The minimum Gasteiger partial charge on any atom is -0.349 e. The van der Waals surface area contributed by atoms with Gasteiger partial charge in [0.1, 0.15) is 6.04 Å². The molecule has 132 valence electrons. The van der Waals surface area contributed by atoms with Crippen molar-refractivity contribution >= 4 is 35.2 Å². The van der Waals surface area contributed by atoms with Crippen LogP contribution < -0.4 is 10.6 Å². The molecular formula is C18H21N3O3S. The number of amides is 3. The van der Waals surface area contributed by atoms with Gasteiger partial charge in [0.2, 0.25) is 11.8 Å². The van der Waals surface area contributed by atoms with Gasteiger partial charge in [0, 0.05) is 29.5 Å². The predicted molar refractivity (Wildman–Crippen MR) is 96.3 cm³/mol. The predicted octanol–water partition coefficient (Wildman–Crippen LogP) is 1.97. The summed E-state index contributed by atoms with van der Waals surface area (Å²) in [6.07, 6.45) is 3.36. The molecule has 2 N–H and O–H groups in total. The Balaban J connectivity index is 1.46. The van der Waals surface area contributed by atoms with Gasteiger partial charge in [-0.1, -0.05) is 6.07 Å². The highest BCUT2D eigenvalue weighted by Crippen LogP contribution is 2.47. The monoisotopic (exact) mass is 359 g/mol. The van der Waals surface area contributed by atoms with Crippen LogP contribution in [0.15, 0.2) is 24.3 Å². The molecule has 0 radical (unpaired) electrons. The van der Waals surface area contributed by atoms with Crippen LogP contribution in [0.3, 0.4) is 0 Å². The van der Waals surface area contributed by atoms with E-state index in [-0.39, 0.29) is 22.6 Å². The van der Waals surface area contributed by atoms with E-state index in [2.05, 4.69) is 10.6 Å². The molecule has 2 heterocycles. The van der Waals surface area contributed by atoms with Crippen LogP contribution >= 0.6 is 11.8 Å². The first kappa shape index (κ1) is 16.4. The fraction of sp³-hybridized carbons (Fsp3) is 0.500. The molecule has 1 saturated carbocycles. The number of nitrogens with one attached hydrogen (secondary N) is 2. The first-order chi connectivity index (χ1) is 12.0. The molecule has 0 aromatic heterocycles. The maximum absolute atomic E-state index is 12.7. The van der Waals surface area contributed by atoms with Gasteiger partial charge in [-0.05, 0) is 44.4 Å². The van der Waals surface area contributed by atoms with E-state index in [4.69, 9.17) is 0 Å². The summed E-state index contributed by atoms with van der Waals surface area (Å²) >= 11 is 1.67. The summed E-state index contributed by atoms with van der Waals surface area (Å²) in [5.74, 6) is 0.351. The summed E-state index contributed by atoms with van der Waals surface area (Å²) in [4.78, 5) is 38.5. The second-order valence-corrected chi connectivity index (χ2v) is 8.58. The van der Waals surface area contributed by atoms with Crippen LogP contribution in [0.1, 0.15) is 43.0 Å². The first-order valence-electron chi connectivity index (χ1n) is 8.64. The number of rotatable bonds is 4. The van der Waals surface area contributed by atoms with Gasteiger partial charge in [-0.3, -0.25) is 14.4 Å². The van der Waals surface area contributed by atoms with Crippen molar-refractivity contribution in [3.8, 4) is 0 Å². The Hall–Kier alpha value is -2.02. The number of benzene rings is 1. The third kappa shape index (κ3) is 3.13. The second-order valence-electron chi connectivity index (χ2n) is 7.08. The lowest BCUT2D eigenvalue weighted by atomic mass is 10.1. The molecule has 3 fully saturated rings. The molecule has 0 bridgehead atoms. The zero-order valence-corrected chi connectivity index (χ0v) is 14.9. The quantitative estimate of drug-likeness (QED) is 0.862. The topological polar surface area (TPSA) is 78.5 Å². The van der Waals surface area contributed by atoms with Gasteiger partial charge >= 0.3 is 0 Å². The summed E-state index contributed by atoms with van der Waals surface area (Å²) in [6, 6.07) is 6.78.